The lowest BCUT2D eigenvalue weighted by Crippen LogP contribution is -2.17. The molecule has 1 heteroatoms. The van der Waals surface area contributed by atoms with E-state index in [4.69, 9.17) is 0 Å². The summed E-state index contributed by atoms with van der Waals surface area (Å²) < 4.78 is 0. The molecule has 0 saturated carbocycles. The van der Waals surface area contributed by atoms with Gasteiger partial charge in [-0.1, -0.05) is 46.6 Å². The Morgan fingerprint density at radius 1 is 1.23 bits per heavy atom. The molecule has 0 aromatic heterocycles. The van der Waals surface area contributed by atoms with Crippen LogP contribution < -0.4 is 0 Å². The predicted molar refractivity (Wildman–Crippen MR) is 58.7 cm³/mol. The van der Waals surface area contributed by atoms with E-state index >= 15 is 0 Å². The summed E-state index contributed by atoms with van der Waals surface area (Å²) in [6, 6.07) is 0. The van der Waals surface area contributed by atoms with Crippen molar-refractivity contribution in [1.29, 1.82) is 0 Å². The van der Waals surface area contributed by atoms with Crippen molar-refractivity contribution in [1.82, 2.24) is 0 Å². The van der Waals surface area contributed by atoms with Crippen molar-refractivity contribution in [3.63, 3.8) is 0 Å². The standard InChI is InChI=1S/C12H24O/c1-5-7-9-11(8-6-2)12(13)10(3)4/h9-10,12-13H,5-8H2,1-4H3/b11-9+/t12-/m1/s1. The third-order valence-corrected chi connectivity index (χ3v) is 2.25. The summed E-state index contributed by atoms with van der Waals surface area (Å²) in [4.78, 5) is 0. The second-order valence-electron chi connectivity index (χ2n) is 4.01. The molecule has 0 aromatic carbocycles. The molecule has 0 fully saturated rings. The Morgan fingerprint density at radius 2 is 1.85 bits per heavy atom. The lowest BCUT2D eigenvalue weighted by Gasteiger charge is -2.18. The molecule has 1 N–H and O–H groups in total. The smallest absolute Gasteiger partial charge is 0.0772 e. The molecule has 0 saturated heterocycles. The molecule has 0 radical (unpaired) electrons. The fourth-order valence-electron chi connectivity index (χ4n) is 1.42. The van der Waals surface area contributed by atoms with Gasteiger partial charge in [0.25, 0.3) is 0 Å². The molecule has 0 aliphatic carbocycles. The van der Waals surface area contributed by atoms with Crippen molar-refractivity contribution in [2.75, 3.05) is 0 Å². The van der Waals surface area contributed by atoms with Crippen LogP contribution in [0.5, 0.6) is 0 Å². The van der Waals surface area contributed by atoms with Crippen molar-refractivity contribution in [3.05, 3.63) is 11.6 Å². The lowest BCUT2D eigenvalue weighted by atomic mass is 9.94. The molecule has 0 rings (SSSR count). The Labute approximate surface area is 82.9 Å². The first-order chi connectivity index (χ1) is 6.13. The van der Waals surface area contributed by atoms with Crippen molar-refractivity contribution in [3.8, 4) is 0 Å². The van der Waals surface area contributed by atoms with Gasteiger partial charge in [0.15, 0.2) is 0 Å². The highest BCUT2D eigenvalue weighted by atomic mass is 16.3. The molecule has 0 aliphatic heterocycles. The second kappa shape index (κ2) is 7.14. The number of unbranched alkanes of at least 4 members (excludes halogenated alkanes) is 1. The van der Waals surface area contributed by atoms with Crippen LogP contribution in [0.3, 0.4) is 0 Å². The molecule has 0 unspecified atom stereocenters. The summed E-state index contributed by atoms with van der Waals surface area (Å²) >= 11 is 0. The van der Waals surface area contributed by atoms with E-state index in [1.807, 2.05) is 0 Å². The SMILES string of the molecule is CCC/C=C(\CCC)[C@H](O)C(C)C. The number of aliphatic hydroxyl groups excluding tert-OH is 1. The molecule has 0 aromatic rings. The molecule has 0 amide bonds. The van der Waals surface area contributed by atoms with Crippen LogP contribution in [0.2, 0.25) is 0 Å². The van der Waals surface area contributed by atoms with Crippen LogP contribution in [0.4, 0.5) is 0 Å². The second-order valence-corrected chi connectivity index (χ2v) is 4.01. The highest BCUT2D eigenvalue weighted by Gasteiger charge is 2.13. The maximum Gasteiger partial charge on any atom is 0.0772 e. The average molecular weight is 184 g/mol. The Hall–Kier alpha value is -0.300. The minimum absolute atomic E-state index is 0.230. The molecule has 78 valence electrons. The zero-order chi connectivity index (χ0) is 10.3. The fraction of sp³-hybridized carbons (Fsp3) is 0.833. The molecular formula is C12H24O. The van der Waals surface area contributed by atoms with Crippen LogP contribution in [0.25, 0.3) is 0 Å². The van der Waals surface area contributed by atoms with E-state index in [9.17, 15) is 5.11 Å². The first-order valence-electron chi connectivity index (χ1n) is 5.50. The van der Waals surface area contributed by atoms with Gasteiger partial charge < -0.3 is 5.11 Å². The van der Waals surface area contributed by atoms with Gasteiger partial charge in [-0.15, -0.1) is 0 Å². The van der Waals surface area contributed by atoms with E-state index in [2.05, 4.69) is 33.8 Å². The van der Waals surface area contributed by atoms with Crippen molar-refractivity contribution < 1.29 is 5.11 Å². The maximum absolute atomic E-state index is 9.88. The Balaban J connectivity index is 4.22. The summed E-state index contributed by atoms with van der Waals surface area (Å²) in [5, 5.41) is 9.88. The molecule has 1 atom stereocenters. The van der Waals surface area contributed by atoms with E-state index in [0.717, 1.165) is 25.7 Å². The molecule has 0 spiro atoms. The van der Waals surface area contributed by atoms with Gasteiger partial charge in [0.05, 0.1) is 6.10 Å². The molecule has 0 bridgehead atoms. The summed E-state index contributed by atoms with van der Waals surface area (Å²) in [6.45, 7) is 8.47. The van der Waals surface area contributed by atoms with Gasteiger partial charge in [-0.05, 0) is 24.3 Å². The van der Waals surface area contributed by atoms with Crippen LogP contribution in [-0.4, -0.2) is 11.2 Å². The Kier molecular flexibility index (Phi) is 6.97. The zero-order valence-electron chi connectivity index (χ0n) is 9.51. The van der Waals surface area contributed by atoms with Crippen LogP contribution >= 0.6 is 0 Å². The minimum atomic E-state index is -0.230. The summed E-state index contributed by atoms with van der Waals surface area (Å²) in [5.74, 6) is 0.342. The number of hydrogen-bond donors (Lipinski definition) is 1. The highest BCUT2D eigenvalue weighted by Crippen LogP contribution is 2.18. The van der Waals surface area contributed by atoms with Gasteiger partial charge in [-0.25, -0.2) is 0 Å². The third-order valence-electron chi connectivity index (χ3n) is 2.25. The van der Waals surface area contributed by atoms with Gasteiger partial charge in [-0.3, -0.25) is 0 Å². The Bertz CT molecular complexity index is 147. The van der Waals surface area contributed by atoms with Gasteiger partial charge in [0.1, 0.15) is 0 Å². The monoisotopic (exact) mass is 184 g/mol. The van der Waals surface area contributed by atoms with E-state index in [1.165, 1.54) is 5.57 Å². The normalized spacial score (nSPS) is 15.1. The minimum Gasteiger partial charge on any atom is -0.388 e. The summed E-state index contributed by atoms with van der Waals surface area (Å²) in [7, 11) is 0. The fourth-order valence-corrected chi connectivity index (χ4v) is 1.42. The lowest BCUT2D eigenvalue weighted by molar-refractivity contribution is 0.156. The molecule has 13 heavy (non-hydrogen) atoms. The first kappa shape index (κ1) is 12.7. The molecule has 0 aliphatic rings. The first-order valence-corrected chi connectivity index (χ1v) is 5.50. The molecular weight excluding hydrogens is 160 g/mol. The van der Waals surface area contributed by atoms with E-state index in [-0.39, 0.29) is 6.10 Å². The topological polar surface area (TPSA) is 20.2 Å². The van der Waals surface area contributed by atoms with Crippen LogP contribution in [0.15, 0.2) is 11.6 Å². The quantitative estimate of drug-likeness (QED) is 0.626. The average Bonchev–Trinajstić information content (AvgIpc) is 2.11. The highest BCUT2D eigenvalue weighted by molar-refractivity contribution is 5.08. The zero-order valence-corrected chi connectivity index (χ0v) is 9.51. The number of aliphatic hydroxyl groups is 1. The number of allylic oxidation sites excluding steroid dienone is 1. The maximum atomic E-state index is 9.88. The van der Waals surface area contributed by atoms with Gasteiger partial charge >= 0.3 is 0 Å². The van der Waals surface area contributed by atoms with Gasteiger partial charge in [-0.2, -0.15) is 0 Å². The van der Waals surface area contributed by atoms with E-state index in [1.54, 1.807) is 0 Å². The van der Waals surface area contributed by atoms with Crippen molar-refractivity contribution in [2.45, 2.75) is 59.5 Å². The van der Waals surface area contributed by atoms with E-state index in [0.29, 0.717) is 5.92 Å². The van der Waals surface area contributed by atoms with Crippen LogP contribution in [0, 0.1) is 5.92 Å². The third kappa shape index (κ3) is 5.09. The predicted octanol–water partition coefficient (Wildman–Crippen LogP) is 3.53. The van der Waals surface area contributed by atoms with Crippen LogP contribution in [0.1, 0.15) is 53.4 Å². The number of hydrogen-bond acceptors (Lipinski definition) is 1. The summed E-state index contributed by atoms with van der Waals surface area (Å²) in [5.41, 5.74) is 1.24. The molecule has 0 heterocycles. The Morgan fingerprint density at radius 3 is 2.23 bits per heavy atom. The summed E-state index contributed by atoms with van der Waals surface area (Å²) in [6.07, 6.45) is 6.41. The largest absolute Gasteiger partial charge is 0.388 e. The van der Waals surface area contributed by atoms with Crippen LogP contribution in [-0.2, 0) is 0 Å². The van der Waals surface area contributed by atoms with Gasteiger partial charge in [0, 0.05) is 0 Å². The van der Waals surface area contributed by atoms with E-state index < -0.39 is 0 Å². The number of rotatable bonds is 6. The van der Waals surface area contributed by atoms with Gasteiger partial charge in [0.2, 0.25) is 0 Å². The molecule has 1 nitrogen and oxygen atoms in total. The van der Waals surface area contributed by atoms with Crippen molar-refractivity contribution in [2.24, 2.45) is 5.92 Å². The van der Waals surface area contributed by atoms with Crippen molar-refractivity contribution >= 4 is 0 Å².